The molecule has 0 aromatic heterocycles. The third kappa shape index (κ3) is 2.20. The second kappa shape index (κ2) is 5.29. The average Bonchev–Trinajstić information content (AvgIpc) is 2.78. The number of fused-ring (bicyclic) bond motifs is 1. The Morgan fingerprint density at radius 2 is 1.85 bits per heavy atom. The zero-order valence-electron chi connectivity index (χ0n) is 11.3. The molecule has 1 aromatic rings. The van der Waals surface area contributed by atoms with Crippen molar-refractivity contribution < 1.29 is 15.0 Å². The minimum Gasteiger partial charge on any atom is -0.465 e. The summed E-state index contributed by atoms with van der Waals surface area (Å²) in [5, 5.41) is 19.7. The van der Waals surface area contributed by atoms with Crippen molar-refractivity contribution in [2.45, 2.75) is 44.2 Å². The standard InChI is InChI=1S/C16H19NO3/c18-15-10-14(12-8-4-5-9-13(12)15)17(16(19)20)11-6-2-1-3-7-11/h4-5,8-11,15,18H,1-3,6-7H2,(H,19,20). The van der Waals surface area contributed by atoms with Crippen molar-refractivity contribution in [2.75, 3.05) is 0 Å². The van der Waals surface area contributed by atoms with Crippen LogP contribution in [0.15, 0.2) is 30.3 Å². The summed E-state index contributed by atoms with van der Waals surface area (Å²) in [7, 11) is 0. The largest absolute Gasteiger partial charge is 0.465 e. The van der Waals surface area contributed by atoms with Gasteiger partial charge >= 0.3 is 6.09 Å². The number of aliphatic hydroxyl groups is 1. The molecule has 3 rings (SSSR count). The van der Waals surface area contributed by atoms with Gasteiger partial charge in [-0.05, 0) is 24.5 Å². The fourth-order valence-corrected chi connectivity index (χ4v) is 3.32. The fraction of sp³-hybridized carbons (Fsp3) is 0.438. The maximum Gasteiger partial charge on any atom is 0.412 e. The maximum atomic E-state index is 11.7. The Bertz CT molecular complexity index is 546. The molecule has 1 unspecified atom stereocenters. The molecule has 1 atom stereocenters. The van der Waals surface area contributed by atoms with Crippen LogP contribution < -0.4 is 0 Å². The van der Waals surface area contributed by atoms with Gasteiger partial charge in [-0.3, -0.25) is 4.90 Å². The van der Waals surface area contributed by atoms with Gasteiger partial charge in [-0.2, -0.15) is 0 Å². The SMILES string of the molecule is O=C(O)N(C1=CC(O)c2ccccc21)C1CCCCC1. The van der Waals surface area contributed by atoms with E-state index in [1.54, 1.807) is 6.08 Å². The molecule has 1 fully saturated rings. The van der Waals surface area contributed by atoms with Gasteiger partial charge in [0.2, 0.25) is 0 Å². The van der Waals surface area contributed by atoms with Gasteiger partial charge in [0.25, 0.3) is 0 Å². The molecule has 0 saturated heterocycles. The van der Waals surface area contributed by atoms with E-state index in [0.29, 0.717) is 5.70 Å². The van der Waals surface area contributed by atoms with Gasteiger partial charge in [0, 0.05) is 11.6 Å². The van der Waals surface area contributed by atoms with Gasteiger partial charge in [-0.25, -0.2) is 4.79 Å². The van der Waals surface area contributed by atoms with Crippen molar-refractivity contribution >= 4 is 11.8 Å². The van der Waals surface area contributed by atoms with Crippen LogP contribution in [0.5, 0.6) is 0 Å². The lowest BCUT2D eigenvalue weighted by Gasteiger charge is -2.33. The lowest BCUT2D eigenvalue weighted by molar-refractivity contribution is 0.142. The van der Waals surface area contributed by atoms with Crippen LogP contribution in [0.1, 0.15) is 49.3 Å². The number of aliphatic hydroxyl groups excluding tert-OH is 1. The van der Waals surface area contributed by atoms with Gasteiger partial charge in [0.1, 0.15) is 6.10 Å². The number of rotatable bonds is 2. The zero-order valence-corrected chi connectivity index (χ0v) is 11.3. The molecule has 2 aliphatic rings. The first-order valence-corrected chi connectivity index (χ1v) is 7.20. The zero-order chi connectivity index (χ0) is 14.1. The number of carboxylic acid groups (broad SMARTS) is 1. The van der Waals surface area contributed by atoms with E-state index in [2.05, 4.69) is 0 Å². The molecular weight excluding hydrogens is 254 g/mol. The minimum absolute atomic E-state index is 0.0332. The molecule has 4 nitrogen and oxygen atoms in total. The molecule has 0 bridgehead atoms. The second-order valence-corrected chi connectivity index (χ2v) is 5.53. The van der Waals surface area contributed by atoms with Crippen LogP contribution in [-0.4, -0.2) is 27.2 Å². The number of hydrogen-bond acceptors (Lipinski definition) is 2. The Morgan fingerprint density at radius 1 is 1.15 bits per heavy atom. The van der Waals surface area contributed by atoms with Crippen LogP contribution in [0, 0.1) is 0 Å². The van der Waals surface area contributed by atoms with Crippen LogP contribution in [0.2, 0.25) is 0 Å². The van der Waals surface area contributed by atoms with E-state index in [9.17, 15) is 15.0 Å². The molecule has 1 aromatic carbocycles. The van der Waals surface area contributed by atoms with E-state index in [1.807, 2.05) is 24.3 Å². The molecule has 1 amide bonds. The summed E-state index contributed by atoms with van der Waals surface area (Å²) >= 11 is 0. The molecule has 106 valence electrons. The maximum absolute atomic E-state index is 11.7. The fourth-order valence-electron chi connectivity index (χ4n) is 3.32. The van der Waals surface area contributed by atoms with Crippen LogP contribution in [-0.2, 0) is 0 Å². The summed E-state index contributed by atoms with van der Waals surface area (Å²) in [6.07, 6.45) is 5.18. The monoisotopic (exact) mass is 273 g/mol. The molecule has 0 heterocycles. The Kier molecular flexibility index (Phi) is 3.49. The predicted molar refractivity (Wildman–Crippen MR) is 76.1 cm³/mol. The van der Waals surface area contributed by atoms with E-state index >= 15 is 0 Å². The Labute approximate surface area is 118 Å². The van der Waals surface area contributed by atoms with Gasteiger partial charge in [-0.15, -0.1) is 0 Å². The summed E-state index contributed by atoms with van der Waals surface area (Å²) < 4.78 is 0. The van der Waals surface area contributed by atoms with Gasteiger partial charge in [-0.1, -0.05) is 43.5 Å². The normalized spacial score (nSPS) is 22.2. The number of nitrogens with zero attached hydrogens (tertiary/aromatic N) is 1. The molecule has 2 N–H and O–H groups in total. The molecule has 4 heteroatoms. The van der Waals surface area contributed by atoms with Crippen LogP contribution >= 0.6 is 0 Å². The summed E-state index contributed by atoms with van der Waals surface area (Å²) in [5.74, 6) is 0. The van der Waals surface area contributed by atoms with Crippen LogP contribution in [0.3, 0.4) is 0 Å². The van der Waals surface area contributed by atoms with E-state index < -0.39 is 12.2 Å². The Morgan fingerprint density at radius 3 is 2.55 bits per heavy atom. The number of benzene rings is 1. The third-order valence-corrected chi connectivity index (χ3v) is 4.28. The summed E-state index contributed by atoms with van der Waals surface area (Å²) in [4.78, 5) is 13.2. The molecule has 1 saturated carbocycles. The first kappa shape index (κ1) is 13.2. The van der Waals surface area contributed by atoms with E-state index in [4.69, 9.17) is 0 Å². The highest BCUT2D eigenvalue weighted by atomic mass is 16.4. The highest BCUT2D eigenvalue weighted by molar-refractivity contribution is 5.84. The van der Waals surface area contributed by atoms with E-state index in [-0.39, 0.29) is 6.04 Å². The highest BCUT2D eigenvalue weighted by Gasteiger charge is 2.33. The third-order valence-electron chi connectivity index (χ3n) is 4.28. The molecule has 2 aliphatic carbocycles. The quantitative estimate of drug-likeness (QED) is 0.868. The predicted octanol–water partition coefficient (Wildman–Crippen LogP) is 3.39. The number of hydrogen-bond donors (Lipinski definition) is 2. The minimum atomic E-state index is -0.924. The lowest BCUT2D eigenvalue weighted by atomic mass is 9.93. The van der Waals surface area contributed by atoms with Crippen molar-refractivity contribution in [1.29, 1.82) is 0 Å². The lowest BCUT2D eigenvalue weighted by Crippen LogP contribution is -2.39. The summed E-state index contributed by atoms with van der Waals surface area (Å²) in [5.41, 5.74) is 2.28. The van der Waals surface area contributed by atoms with Crippen molar-refractivity contribution in [3.63, 3.8) is 0 Å². The highest BCUT2D eigenvalue weighted by Crippen LogP contribution is 2.39. The molecule has 0 radical (unpaired) electrons. The molecule has 0 spiro atoms. The second-order valence-electron chi connectivity index (χ2n) is 5.53. The summed E-state index contributed by atoms with van der Waals surface area (Å²) in [6.45, 7) is 0. The van der Waals surface area contributed by atoms with Crippen molar-refractivity contribution in [2.24, 2.45) is 0 Å². The first-order chi connectivity index (χ1) is 9.68. The Balaban J connectivity index is 1.96. The first-order valence-electron chi connectivity index (χ1n) is 7.20. The summed E-state index contributed by atoms with van der Waals surface area (Å²) in [6, 6.07) is 7.52. The average molecular weight is 273 g/mol. The number of amides is 1. The van der Waals surface area contributed by atoms with Gasteiger partial charge in [0.15, 0.2) is 0 Å². The van der Waals surface area contributed by atoms with Crippen LogP contribution in [0.4, 0.5) is 4.79 Å². The topological polar surface area (TPSA) is 60.8 Å². The van der Waals surface area contributed by atoms with E-state index in [1.165, 1.54) is 11.3 Å². The number of carbonyl (C=O) groups is 1. The molecular formula is C16H19NO3. The molecule has 20 heavy (non-hydrogen) atoms. The Hall–Kier alpha value is -1.81. The van der Waals surface area contributed by atoms with Gasteiger partial charge < -0.3 is 10.2 Å². The smallest absolute Gasteiger partial charge is 0.412 e. The van der Waals surface area contributed by atoms with Crippen LogP contribution in [0.25, 0.3) is 5.70 Å². The van der Waals surface area contributed by atoms with Crippen molar-refractivity contribution in [1.82, 2.24) is 4.90 Å². The van der Waals surface area contributed by atoms with Crippen molar-refractivity contribution in [3.05, 3.63) is 41.5 Å². The van der Waals surface area contributed by atoms with Crippen molar-refractivity contribution in [3.8, 4) is 0 Å². The van der Waals surface area contributed by atoms with Gasteiger partial charge in [0.05, 0.1) is 5.70 Å². The molecule has 0 aliphatic heterocycles. The van der Waals surface area contributed by atoms with E-state index in [0.717, 1.165) is 36.8 Å².